The highest BCUT2D eigenvalue weighted by molar-refractivity contribution is 6.33. The van der Waals surface area contributed by atoms with Gasteiger partial charge in [-0.05, 0) is 30.7 Å². The molecule has 2 aromatic carbocycles. The number of para-hydroxylation sites is 2. The summed E-state index contributed by atoms with van der Waals surface area (Å²) in [6.45, 7) is 3.37. The normalized spacial score (nSPS) is 10.9. The minimum atomic E-state index is -0.189. The minimum absolute atomic E-state index is 0.189. The molecule has 0 aliphatic carbocycles. The molecule has 1 amide bonds. The van der Waals surface area contributed by atoms with Crippen LogP contribution in [0.1, 0.15) is 29.5 Å². The number of halogens is 1. The van der Waals surface area contributed by atoms with Gasteiger partial charge >= 0.3 is 0 Å². The van der Waals surface area contributed by atoms with Crippen LogP contribution in [0.5, 0.6) is 0 Å². The molecule has 0 fully saturated rings. The largest absolute Gasteiger partial charge is 0.345 e. The molecule has 0 aliphatic rings. The molecular formula is C18H18ClN3O. The topological polar surface area (TPSA) is 46.9 Å². The zero-order valence-electron chi connectivity index (χ0n) is 12.9. The fourth-order valence-electron chi connectivity index (χ4n) is 2.63. The molecule has 0 aliphatic heterocycles. The van der Waals surface area contributed by atoms with Crippen molar-refractivity contribution in [2.24, 2.45) is 0 Å². The molecular weight excluding hydrogens is 310 g/mol. The van der Waals surface area contributed by atoms with Crippen LogP contribution in [0.25, 0.3) is 11.0 Å². The average Bonchev–Trinajstić information content (AvgIpc) is 2.91. The number of hydrogen-bond donors (Lipinski definition) is 1. The predicted octanol–water partition coefficient (Wildman–Crippen LogP) is 4.03. The Morgan fingerprint density at radius 2 is 1.91 bits per heavy atom. The molecule has 0 unspecified atom stereocenters. The van der Waals surface area contributed by atoms with E-state index in [2.05, 4.69) is 27.9 Å². The zero-order valence-corrected chi connectivity index (χ0v) is 13.7. The van der Waals surface area contributed by atoms with Crippen LogP contribution in [0.4, 0.5) is 0 Å². The first kappa shape index (κ1) is 15.6. The molecule has 5 heteroatoms. The number of fused-ring (bicyclic) bond motifs is 1. The van der Waals surface area contributed by atoms with Gasteiger partial charge in [-0.2, -0.15) is 0 Å². The summed E-state index contributed by atoms with van der Waals surface area (Å²) in [5.74, 6) is 0.666. The van der Waals surface area contributed by atoms with Gasteiger partial charge in [0.15, 0.2) is 0 Å². The van der Waals surface area contributed by atoms with Crippen molar-refractivity contribution in [3.05, 3.63) is 64.9 Å². The van der Waals surface area contributed by atoms with Crippen LogP contribution in [-0.4, -0.2) is 15.5 Å². The third-order valence-electron chi connectivity index (χ3n) is 3.71. The van der Waals surface area contributed by atoms with Crippen molar-refractivity contribution >= 4 is 28.5 Å². The smallest absolute Gasteiger partial charge is 0.253 e. The Kier molecular flexibility index (Phi) is 4.63. The van der Waals surface area contributed by atoms with Crippen LogP contribution >= 0.6 is 11.6 Å². The maximum Gasteiger partial charge on any atom is 0.253 e. The van der Waals surface area contributed by atoms with Gasteiger partial charge in [-0.15, -0.1) is 0 Å². The van der Waals surface area contributed by atoms with Gasteiger partial charge in [0, 0.05) is 6.54 Å². The lowest BCUT2D eigenvalue weighted by molar-refractivity contribution is 0.0949. The van der Waals surface area contributed by atoms with Crippen molar-refractivity contribution in [2.75, 3.05) is 0 Å². The monoisotopic (exact) mass is 327 g/mol. The van der Waals surface area contributed by atoms with Crippen LogP contribution < -0.4 is 5.32 Å². The lowest BCUT2D eigenvalue weighted by Crippen LogP contribution is -2.25. The van der Waals surface area contributed by atoms with Crippen LogP contribution in [0.3, 0.4) is 0 Å². The summed E-state index contributed by atoms with van der Waals surface area (Å²) in [6.07, 6.45) is 1.01. The number of aryl methyl sites for hydroxylation is 1. The lowest BCUT2D eigenvalue weighted by Gasteiger charge is -2.09. The molecule has 0 bridgehead atoms. The first-order valence-electron chi connectivity index (χ1n) is 7.67. The van der Waals surface area contributed by atoms with E-state index in [1.165, 1.54) is 0 Å². The van der Waals surface area contributed by atoms with E-state index in [-0.39, 0.29) is 5.91 Å². The van der Waals surface area contributed by atoms with Crippen LogP contribution in [0.2, 0.25) is 5.02 Å². The standard InChI is InChI=1S/C18H18ClN3O/c1-2-11-22-16-10-6-5-9-15(16)21-17(22)12-20-18(23)13-7-3-4-8-14(13)19/h3-10H,2,11-12H2,1H3,(H,20,23). The van der Waals surface area contributed by atoms with Gasteiger partial charge in [0.2, 0.25) is 0 Å². The molecule has 23 heavy (non-hydrogen) atoms. The molecule has 1 heterocycles. The number of rotatable bonds is 5. The van der Waals surface area contributed by atoms with E-state index in [9.17, 15) is 4.79 Å². The number of nitrogens with zero attached hydrogens (tertiary/aromatic N) is 2. The SMILES string of the molecule is CCCn1c(CNC(=O)c2ccccc2Cl)nc2ccccc21. The zero-order chi connectivity index (χ0) is 16.2. The Labute approximate surface area is 140 Å². The summed E-state index contributed by atoms with van der Waals surface area (Å²) in [4.78, 5) is 16.9. The maximum absolute atomic E-state index is 12.3. The molecule has 1 N–H and O–H groups in total. The quantitative estimate of drug-likeness (QED) is 0.769. The van der Waals surface area contributed by atoms with Gasteiger partial charge < -0.3 is 9.88 Å². The lowest BCUT2D eigenvalue weighted by atomic mass is 10.2. The molecule has 118 valence electrons. The van der Waals surface area contributed by atoms with E-state index in [4.69, 9.17) is 11.6 Å². The summed E-state index contributed by atoms with van der Waals surface area (Å²) < 4.78 is 2.15. The molecule has 0 saturated carbocycles. The molecule has 0 saturated heterocycles. The number of carbonyl (C=O) groups excluding carboxylic acids is 1. The summed E-state index contributed by atoms with van der Waals surface area (Å²) in [6, 6.07) is 15.0. The highest BCUT2D eigenvalue weighted by Crippen LogP contribution is 2.18. The second kappa shape index (κ2) is 6.84. The van der Waals surface area contributed by atoms with E-state index in [0.717, 1.165) is 29.8 Å². The Hall–Kier alpha value is -2.33. The molecule has 0 spiro atoms. The average molecular weight is 328 g/mol. The highest BCUT2D eigenvalue weighted by Gasteiger charge is 2.13. The van der Waals surface area contributed by atoms with Crippen molar-refractivity contribution in [1.29, 1.82) is 0 Å². The van der Waals surface area contributed by atoms with E-state index >= 15 is 0 Å². The number of amides is 1. The number of hydrogen-bond acceptors (Lipinski definition) is 2. The second-order valence-electron chi connectivity index (χ2n) is 5.33. The van der Waals surface area contributed by atoms with E-state index in [0.29, 0.717) is 17.1 Å². The summed E-state index contributed by atoms with van der Waals surface area (Å²) in [5, 5.41) is 3.36. The van der Waals surface area contributed by atoms with Gasteiger partial charge in [-0.3, -0.25) is 4.79 Å². The Morgan fingerprint density at radius 3 is 2.70 bits per heavy atom. The summed E-state index contributed by atoms with van der Waals surface area (Å²) in [7, 11) is 0. The number of nitrogens with one attached hydrogen (secondary N) is 1. The predicted molar refractivity (Wildman–Crippen MR) is 92.6 cm³/mol. The third-order valence-corrected chi connectivity index (χ3v) is 4.04. The maximum atomic E-state index is 12.3. The van der Waals surface area contributed by atoms with Crippen molar-refractivity contribution in [3.63, 3.8) is 0 Å². The second-order valence-corrected chi connectivity index (χ2v) is 5.74. The van der Waals surface area contributed by atoms with Crippen molar-refractivity contribution in [2.45, 2.75) is 26.4 Å². The van der Waals surface area contributed by atoms with Gasteiger partial charge in [0.1, 0.15) is 5.82 Å². The van der Waals surface area contributed by atoms with E-state index in [1.54, 1.807) is 24.3 Å². The van der Waals surface area contributed by atoms with Crippen LogP contribution in [0, 0.1) is 0 Å². The molecule has 3 rings (SSSR count). The Balaban J connectivity index is 1.83. The number of benzene rings is 2. The number of carbonyl (C=O) groups is 1. The summed E-state index contributed by atoms with van der Waals surface area (Å²) in [5.41, 5.74) is 2.52. The van der Waals surface area contributed by atoms with Crippen molar-refractivity contribution in [3.8, 4) is 0 Å². The van der Waals surface area contributed by atoms with Gasteiger partial charge in [-0.1, -0.05) is 42.8 Å². The van der Waals surface area contributed by atoms with Gasteiger partial charge in [0.25, 0.3) is 5.91 Å². The van der Waals surface area contributed by atoms with Crippen molar-refractivity contribution in [1.82, 2.24) is 14.9 Å². The van der Waals surface area contributed by atoms with E-state index < -0.39 is 0 Å². The Bertz CT molecular complexity index is 841. The number of aromatic nitrogens is 2. The highest BCUT2D eigenvalue weighted by atomic mass is 35.5. The van der Waals surface area contributed by atoms with E-state index in [1.807, 2.05) is 18.2 Å². The molecule has 3 aromatic rings. The summed E-state index contributed by atoms with van der Waals surface area (Å²) >= 11 is 6.06. The van der Waals surface area contributed by atoms with Gasteiger partial charge in [0.05, 0.1) is 28.2 Å². The third kappa shape index (κ3) is 3.22. The molecule has 0 radical (unpaired) electrons. The minimum Gasteiger partial charge on any atom is -0.345 e. The first-order valence-corrected chi connectivity index (χ1v) is 8.05. The first-order chi connectivity index (χ1) is 11.2. The molecule has 4 nitrogen and oxygen atoms in total. The number of imidazole rings is 1. The fraction of sp³-hybridized carbons (Fsp3) is 0.222. The van der Waals surface area contributed by atoms with Gasteiger partial charge in [-0.25, -0.2) is 4.98 Å². The van der Waals surface area contributed by atoms with Crippen molar-refractivity contribution < 1.29 is 4.79 Å². The fourth-order valence-corrected chi connectivity index (χ4v) is 2.85. The molecule has 0 atom stereocenters. The molecule has 1 aromatic heterocycles. The van der Waals surface area contributed by atoms with Crippen LogP contribution in [-0.2, 0) is 13.1 Å². The Morgan fingerprint density at radius 1 is 1.17 bits per heavy atom. The van der Waals surface area contributed by atoms with Crippen LogP contribution in [0.15, 0.2) is 48.5 Å².